The van der Waals surface area contributed by atoms with E-state index in [-0.39, 0.29) is 10.9 Å². The molecule has 2 aromatic carbocycles. The zero-order valence-electron chi connectivity index (χ0n) is 16.3. The molecule has 2 aromatic rings. The average Bonchev–Trinajstić information content (AvgIpc) is 2.66. The van der Waals surface area contributed by atoms with E-state index in [0.717, 1.165) is 17.5 Å². The molecule has 0 spiro atoms. The molecule has 150 valence electrons. The Hall–Kier alpha value is -2.45. The molecule has 0 saturated heterocycles. The van der Waals surface area contributed by atoms with Gasteiger partial charge in [-0.3, -0.25) is 0 Å². The van der Waals surface area contributed by atoms with E-state index < -0.39 is 15.8 Å². The summed E-state index contributed by atoms with van der Waals surface area (Å²) in [7, 11) is -1.89. The Balaban J connectivity index is 2.14. The first-order chi connectivity index (χ1) is 13.2. The Labute approximate surface area is 171 Å². The van der Waals surface area contributed by atoms with E-state index in [9.17, 15) is 13.2 Å². The lowest BCUT2D eigenvalue weighted by Crippen LogP contribution is -2.32. The third kappa shape index (κ3) is 5.30. The van der Waals surface area contributed by atoms with Crippen LogP contribution in [0.15, 0.2) is 47.4 Å². The zero-order valence-corrected chi connectivity index (χ0v) is 17.9. The van der Waals surface area contributed by atoms with Crippen molar-refractivity contribution in [3.63, 3.8) is 0 Å². The Morgan fingerprint density at radius 3 is 2.36 bits per heavy atom. The molecular formula is C20H24N2O4S2. The van der Waals surface area contributed by atoms with Crippen LogP contribution in [-0.2, 0) is 14.6 Å². The first-order valence-corrected chi connectivity index (χ1v) is 11.0. The Morgan fingerprint density at radius 1 is 1.18 bits per heavy atom. The highest BCUT2D eigenvalue weighted by molar-refractivity contribution is 7.90. The number of anilines is 1. The smallest absolute Gasteiger partial charge is 0.338 e. The average molecular weight is 421 g/mol. The van der Waals surface area contributed by atoms with Crippen molar-refractivity contribution in [1.82, 2.24) is 5.32 Å². The van der Waals surface area contributed by atoms with Crippen molar-refractivity contribution in [2.45, 2.75) is 31.2 Å². The highest BCUT2D eigenvalue weighted by Gasteiger charge is 2.15. The second-order valence-electron chi connectivity index (χ2n) is 6.37. The van der Waals surface area contributed by atoms with Gasteiger partial charge in [-0.05, 0) is 61.0 Å². The lowest BCUT2D eigenvalue weighted by Gasteiger charge is -2.21. The molecule has 0 saturated carbocycles. The van der Waals surface area contributed by atoms with E-state index in [1.54, 1.807) is 36.4 Å². The van der Waals surface area contributed by atoms with Gasteiger partial charge in [0.15, 0.2) is 14.9 Å². The van der Waals surface area contributed by atoms with Gasteiger partial charge < -0.3 is 15.4 Å². The van der Waals surface area contributed by atoms with Crippen LogP contribution >= 0.6 is 12.2 Å². The molecule has 0 aromatic heterocycles. The SMILES string of the molecule is CCC(NC(=S)Nc1cccc(C(=O)OC)c1C)c1ccc(S(C)(=O)=O)cc1. The second-order valence-corrected chi connectivity index (χ2v) is 8.79. The quantitative estimate of drug-likeness (QED) is 0.545. The summed E-state index contributed by atoms with van der Waals surface area (Å²) in [6, 6.07) is 11.9. The van der Waals surface area contributed by atoms with E-state index in [1.165, 1.54) is 13.4 Å². The highest BCUT2D eigenvalue weighted by Crippen LogP contribution is 2.22. The number of carbonyl (C=O) groups is 1. The van der Waals surface area contributed by atoms with Crippen LogP contribution in [0, 0.1) is 6.92 Å². The second kappa shape index (κ2) is 9.16. The normalized spacial score (nSPS) is 12.1. The van der Waals surface area contributed by atoms with Gasteiger partial charge in [-0.25, -0.2) is 13.2 Å². The van der Waals surface area contributed by atoms with Crippen molar-refractivity contribution in [2.24, 2.45) is 0 Å². The van der Waals surface area contributed by atoms with E-state index in [1.807, 2.05) is 19.9 Å². The third-order valence-corrected chi connectivity index (χ3v) is 5.76. The number of thiocarbonyl (C=S) groups is 1. The molecule has 6 nitrogen and oxygen atoms in total. The molecule has 0 bridgehead atoms. The van der Waals surface area contributed by atoms with Crippen LogP contribution in [0.3, 0.4) is 0 Å². The topological polar surface area (TPSA) is 84.5 Å². The molecule has 2 N–H and O–H groups in total. The highest BCUT2D eigenvalue weighted by atomic mass is 32.2. The van der Waals surface area contributed by atoms with E-state index in [0.29, 0.717) is 16.4 Å². The van der Waals surface area contributed by atoms with Crippen LogP contribution in [0.4, 0.5) is 5.69 Å². The summed E-state index contributed by atoms with van der Waals surface area (Å²) in [6.07, 6.45) is 1.93. The maximum Gasteiger partial charge on any atom is 0.338 e. The third-order valence-electron chi connectivity index (χ3n) is 4.41. The van der Waals surface area contributed by atoms with Crippen molar-refractivity contribution in [3.05, 3.63) is 59.2 Å². The molecule has 28 heavy (non-hydrogen) atoms. The number of rotatable bonds is 6. The maximum absolute atomic E-state index is 11.8. The number of carbonyl (C=O) groups excluding carboxylic acids is 1. The molecule has 1 atom stereocenters. The fourth-order valence-electron chi connectivity index (χ4n) is 2.79. The lowest BCUT2D eigenvalue weighted by atomic mass is 10.0. The zero-order chi connectivity index (χ0) is 20.9. The van der Waals surface area contributed by atoms with Gasteiger partial charge in [0.05, 0.1) is 23.6 Å². The van der Waals surface area contributed by atoms with Crippen LogP contribution in [0.25, 0.3) is 0 Å². The largest absolute Gasteiger partial charge is 0.465 e. The molecule has 0 heterocycles. The van der Waals surface area contributed by atoms with Crippen molar-refractivity contribution < 1.29 is 17.9 Å². The molecule has 0 fully saturated rings. The van der Waals surface area contributed by atoms with Crippen LogP contribution in [0.2, 0.25) is 0 Å². The molecular weight excluding hydrogens is 396 g/mol. The number of hydrogen-bond donors (Lipinski definition) is 2. The predicted molar refractivity (Wildman–Crippen MR) is 114 cm³/mol. The van der Waals surface area contributed by atoms with Gasteiger partial charge in [0.2, 0.25) is 0 Å². The van der Waals surface area contributed by atoms with Crippen molar-refractivity contribution >= 4 is 38.8 Å². The van der Waals surface area contributed by atoms with Crippen molar-refractivity contribution in [2.75, 3.05) is 18.7 Å². The van der Waals surface area contributed by atoms with Crippen LogP contribution in [-0.4, -0.2) is 32.9 Å². The fourth-order valence-corrected chi connectivity index (χ4v) is 3.67. The molecule has 0 radical (unpaired) electrons. The summed E-state index contributed by atoms with van der Waals surface area (Å²) in [6.45, 7) is 3.83. The van der Waals surface area contributed by atoms with E-state index in [2.05, 4.69) is 10.6 Å². The van der Waals surface area contributed by atoms with Crippen molar-refractivity contribution in [1.29, 1.82) is 0 Å². The summed E-state index contributed by atoms with van der Waals surface area (Å²) < 4.78 is 28.0. The Kier molecular flexibility index (Phi) is 7.15. The predicted octanol–water partition coefficient (Wildman–Crippen LogP) is 3.62. The van der Waals surface area contributed by atoms with Gasteiger partial charge in [-0.1, -0.05) is 25.1 Å². The van der Waals surface area contributed by atoms with E-state index in [4.69, 9.17) is 17.0 Å². The molecule has 2 rings (SSSR count). The minimum absolute atomic E-state index is 0.0855. The fraction of sp³-hybridized carbons (Fsp3) is 0.300. The lowest BCUT2D eigenvalue weighted by molar-refractivity contribution is 0.0600. The van der Waals surface area contributed by atoms with Gasteiger partial charge in [-0.2, -0.15) is 0 Å². The maximum atomic E-state index is 11.8. The summed E-state index contributed by atoms with van der Waals surface area (Å²) in [5.41, 5.74) is 2.85. The number of benzene rings is 2. The number of hydrogen-bond acceptors (Lipinski definition) is 5. The Morgan fingerprint density at radius 2 is 1.82 bits per heavy atom. The first-order valence-electron chi connectivity index (χ1n) is 8.72. The van der Waals surface area contributed by atoms with Gasteiger partial charge in [0.1, 0.15) is 0 Å². The van der Waals surface area contributed by atoms with Crippen molar-refractivity contribution in [3.8, 4) is 0 Å². The van der Waals surface area contributed by atoms with E-state index >= 15 is 0 Å². The van der Waals surface area contributed by atoms with Crippen LogP contribution < -0.4 is 10.6 Å². The van der Waals surface area contributed by atoms with Gasteiger partial charge >= 0.3 is 5.97 Å². The Bertz CT molecular complexity index is 970. The summed E-state index contributed by atoms with van der Waals surface area (Å²) in [5, 5.41) is 6.76. The molecule has 8 heteroatoms. The van der Waals surface area contributed by atoms with Gasteiger partial charge in [-0.15, -0.1) is 0 Å². The van der Waals surface area contributed by atoms with Gasteiger partial charge in [0.25, 0.3) is 0 Å². The minimum Gasteiger partial charge on any atom is -0.465 e. The number of ether oxygens (including phenoxy) is 1. The molecule has 0 aliphatic rings. The number of nitrogens with one attached hydrogen (secondary N) is 2. The number of methoxy groups -OCH3 is 1. The summed E-state index contributed by atoms with van der Waals surface area (Å²) in [5.74, 6) is -0.405. The molecule has 0 aliphatic heterocycles. The number of sulfone groups is 1. The monoisotopic (exact) mass is 420 g/mol. The van der Waals surface area contributed by atoms with Gasteiger partial charge in [0, 0.05) is 11.9 Å². The molecule has 1 unspecified atom stereocenters. The van der Waals surface area contributed by atoms with Crippen LogP contribution in [0.1, 0.15) is 40.9 Å². The molecule has 0 amide bonds. The van der Waals surface area contributed by atoms with Crippen LogP contribution in [0.5, 0.6) is 0 Å². The minimum atomic E-state index is -3.23. The first kappa shape index (κ1) is 21.8. The summed E-state index contributed by atoms with van der Waals surface area (Å²) >= 11 is 5.43. The standard InChI is InChI=1S/C20H24N2O4S2/c1-5-17(14-9-11-15(12-10-14)28(4,24)25)21-20(27)22-18-8-6-7-16(13(18)2)19(23)26-3/h6-12,17H,5H2,1-4H3,(H2,21,22,27). The number of esters is 1. The molecule has 0 aliphatic carbocycles. The summed E-state index contributed by atoms with van der Waals surface area (Å²) in [4.78, 5) is 12.1.